The highest BCUT2D eigenvalue weighted by Crippen LogP contribution is 2.48. The van der Waals surface area contributed by atoms with E-state index in [1.165, 1.54) is 0 Å². The molecule has 0 aliphatic rings. The van der Waals surface area contributed by atoms with Crippen molar-refractivity contribution in [2.24, 2.45) is 0 Å². The van der Waals surface area contributed by atoms with E-state index in [0.717, 1.165) is 111 Å². The van der Waals surface area contributed by atoms with E-state index < -0.39 is 0 Å². The largest absolute Gasteiger partial charge is 0.507 e. The third kappa shape index (κ3) is 6.15. The molecule has 0 saturated carbocycles. The Balaban J connectivity index is 1.01. The fourth-order valence-electron chi connectivity index (χ4n) is 9.64. The maximum atomic E-state index is 12.2. The van der Waals surface area contributed by atoms with E-state index in [1.807, 2.05) is 18.2 Å². The first kappa shape index (κ1) is 37.2. The quantitative estimate of drug-likeness (QED) is 0.155. The molecule has 0 aliphatic heterocycles. The topological polar surface area (TPSA) is 39.9 Å². The van der Waals surface area contributed by atoms with Gasteiger partial charge in [0, 0.05) is 50.0 Å². The average molecular weight is 821 g/mol. The highest BCUT2D eigenvalue weighted by atomic mass is 16.3. The Kier molecular flexibility index (Phi) is 8.94. The van der Waals surface area contributed by atoms with Crippen molar-refractivity contribution >= 4 is 88.4 Å². The molecule has 0 unspecified atom stereocenters. The molecular weight excluding hydrogens is 781 g/mol. The second kappa shape index (κ2) is 15.4. The highest BCUT2D eigenvalue weighted by Gasteiger charge is 2.23. The monoisotopic (exact) mass is 820 g/mol. The summed E-state index contributed by atoms with van der Waals surface area (Å²) < 4.78 is 6.95. The first-order valence-corrected chi connectivity index (χ1v) is 21.7. The number of hydrogen-bond acceptors (Lipinski definition) is 4. The molecule has 0 saturated heterocycles. The van der Waals surface area contributed by atoms with Crippen LogP contribution in [0, 0.1) is 0 Å². The summed E-state index contributed by atoms with van der Waals surface area (Å²) in [6.45, 7) is 0. The van der Waals surface area contributed by atoms with Gasteiger partial charge >= 0.3 is 0 Å². The molecular formula is C60H40N2O2. The van der Waals surface area contributed by atoms with Gasteiger partial charge in [-0.25, -0.2) is 0 Å². The molecule has 302 valence electrons. The van der Waals surface area contributed by atoms with E-state index in [9.17, 15) is 5.11 Å². The minimum atomic E-state index is 0.204. The molecule has 4 heteroatoms. The molecule has 1 aromatic heterocycles. The summed E-state index contributed by atoms with van der Waals surface area (Å²) in [6, 6.07) is 82.4. The molecule has 0 fully saturated rings. The number of nitrogens with zero attached hydrogens (tertiary/aromatic N) is 2. The molecule has 0 atom stereocenters. The molecule has 0 spiro atoms. The van der Waals surface area contributed by atoms with Crippen LogP contribution in [0.1, 0.15) is 0 Å². The zero-order valence-corrected chi connectivity index (χ0v) is 34.8. The van der Waals surface area contributed by atoms with Gasteiger partial charge in [-0.2, -0.15) is 0 Å². The lowest BCUT2D eigenvalue weighted by Gasteiger charge is -2.28. The molecule has 0 radical (unpaired) electrons. The van der Waals surface area contributed by atoms with E-state index in [2.05, 4.69) is 228 Å². The van der Waals surface area contributed by atoms with Crippen molar-refractivity contribution in [3.8, 4) is 28.0 Å². The van der Waals surface area contributed by atoms with Gasteiger partial charge in [-0.15, -0.1) is 0 Å². The van der Waals surface area contributed by atoms with Gasteiger partial charge in [0.2, 0.25) is 0 Å². The third-order valence-electron chi connectivity index (χ3n) is 12.5. The maximum absolute atomic E-state index is 12.2. The summed E-state index contributed by atoms with van der Waals surface area (Å²) in [4.78, 5) is 4.59. The van der Waals surface area contributed by atoms with Crippen LogP contribution >= 0.6 is 0 Å². The van der Waals surface area contributed by atoms with Crippen molar-refractivity contribution in [3.63, 3.8) is 0 Å². The Morgan fingerprint density at radius 3 is 1.31 bits per heavy atom. The Bertz CT molecular complexity index is 3600. The zero-order chi connectivity index (χ0) is 42.6. The Morgan fingerprint density at radius 2 is 0.734 bits per heavy atom. The number of fused-ring (bicyclic) bond motifs is 8. The second-order valence-electron chi connectivity index (χ2n) is 16.2. The lowest BCUT2D eigenvalue weighted by molar-refractivity contribution is 0.477. The molecule has 0 amide bonds. The summed E-state index contributed by atoms with van der Waals surface area (Å²) >= 11 is 0. The van der Waals surface area contributed by atoms with E-state index >= 15 is 0 Å². The normalized spacial score (nSPS) is 11.5. The lowest BCUT2D eigenvalue weighted by Crippen LogP contribution is -2.10. The van der Waals surface area contributed by atoms with Gasteiger partial charge in [0.15, 0.2) is 5.58 Å². The first-order chi connectivity index (χ1) is 31.7. The minimum Gasteiger partial charge on any atom is -0.507 e. The Labute approximate surface area is 370 Å². The number of hydrogen-bond donors (Lipinski definition) is 1. The van der Waals surface area contributed by atoms with Crippen LogP contribution in [0.4, 0.5) is 34.1 Å². The summed E-state index contributed by atoms with van der Waals surface area (Å²) in [5.74, 6) is 0.204. The van der Waals surface area contributed by atoms with Crippen LogP contribution < -0.4 is 9.80 Å². The Morgan fingerprint density at radius 1 is 0.281 bits per heavy atom. The van der Waals surface area contributed by atoms with Crippen LogP contribution in [0.5, 0.6) is 5.75 Å². The molecule has 11 aromatic carbocycles. The smallest absolute Gasteiger partial charge is 0.159 e. The molecule has 12 rings (SSSR count). The molecule has 0 aliphatic carbocycles. The summed E-state index contributed by atoms with van der Waals surface area (Å²) in [5, 5.41) is 20.9. The van der Waals surface area contributed by atoms with Crippen LogP contribution in [0.2, 0.25) is 0 Å². The number of anilines is 6. The van der Waals surface area contributed by atoms with E-state index in [4.69, 9.17) is 4.42 Å². The van der Waals surface area contributed by atoms with Gasteiger partial charge in [-0.3, -0.25) is 0 Å². The van der Waals surface area contributed by atoms with E-state index in [-0.39, 0.29) is 5.75 Å². The zero-order valence-electron chi connectivity index (χ0n) is 34.8. The number of para-hydroxylation sites is 6. The van der Waals surface area contributed by atoms with Gasteiger partial charge in [0.05, 0.1) is 11.4 Å². The standard InChI is InChI=1S/C60H40N2O2/c63-58-37-40(45-31-17-32-51-52-33-18-34-56(60(52)64-59(45)51)61(41-19-5-1-6-20-41)42-21-7-2-8-22-42)35-36-50(58)53-38-54-48-29-15-16-30-49(48)57(39-55(54)47-28-14-13-27-46(47)53)62(43-23-9-3-10-24-43)44-25-11-4-12-26-44/h1-39,63H. The van der Waals surface area contributed by atoms with Crippen molar-refractivity contribution in [3.05, 3.63) is 237 Å². The lowest BCUT2D eigenvalue weighted by atomic mass is 9.89. The Hall–Kier alpha value is -8.60. The predicted molar refractivity (Wildman–Crippen MR) is 268 cm³/mol. The number of benzene rings is 11. The van der Waals surface area contributed by atoms with E-state index in [0.29, 0.717) is 0 Å². The van der Waals surface area contributed by atoms with E-state index in [1.54, 1.807) is 0 Å². The van der Waals surface area contributed by atoms with Crippen LogP contribution in [0.3, 0.4) is 0 Å². The van der Waals surface area contributed by atoms with Crippen molar-refractivity contribution in [2.75, 3.05) is 9.80 Å². The van der Waals surface area contributed by atoms with Crippen molar-refractivity contribution in [2.45, 2.75) is 0 Å². The van der Waals surface area contributed by atoms with Gasteiger partial charge < -0.3 is 19.3 Å². The van der Waals surface area contributed by atoms with Crippen LogP contribution in [0.15, 0.2) is 241 Å². The molecule has 4 nitrogen and oxygen atoms in total. The summed E-state index contributed by atoms with van der Waals surface area (Å²) in [6.07, 6.45) is 0. The number of rotatable bonds is 8. The SMILES string of the molecule is Oc1cc(-c2cccc3c2oc2c(N(c4ccccc4)c4ccccc4)cccc23)ccc1-c1cc2c3ccccc3c(N(c3ccccc3)c3ccccc3)cc2c2ccccc12. The van der Waals surface area contributed by atoms with Crippen LogP contribution in [-0.4, -0.2) is 5.11 Å². The van der Waals surface area contributed by atoms with Gasteiger partial charge in [-0.1, -0.05) is 164 Å². The first-order valence-electron chi connectivity index (χ1n) is 21.7. The van der Waals surface area contributed by atoms with Gasteiger partial charge in [-0.05, 0) is 111 Å². The van der Waals surface area contributed by atoms with Crippen LogP contribution in [0.25, 0.3) is 76.5 Å². The number of phenols is 1. The highest BCUT2D eigenvalue weighted by molar-refractivity contribution is 6.24. The fourth-order valence-corrected chi connectivity index (χ4v) is 9.64. The van der Waals surface area contributed by atoms with Crippen molar-refractivity contribution in [1.29, 1.82) is 0 Å². The molecule has 1 N–H and O–H groups in total. The van der Waals surface area contributed by atoms with Crippen molar-refractivity contribution < 1.29 is 9.52 Å². The molecule has 12 aromatic rings. The summed E-state index contributed by atoms with van der Waals surface area (Å²) in [7, 11) is 0. The second-order valence-corrected chi connectivity index (χ2v) is 16.2. The van der Waals surface area contributed by atoms with Gasteiger partial charge in [0.25, 0.3) is 0 Å². The maximum Gasteiger partial charge on any atom is 0.159 e. The molecule has 1 heterocycles. The fraction of sp³-hybridized carbons (Fsp3) is 0. The minimum absolute atomic E-state index is 0.204. The summed E-state index contributed by atoms with van der Waals surface area (Å²) in [5.41, 5.74) is 11.4. The molecule has 64 heavy (non-hydrogen) atoms. The number of phenolic OH excluding ortho intramolecular Hbond substituents is 1. The van der Waals surface area contributed by atoms with Crippen LogP contribution in [-0.2, 0) is 0 Å². The van der Waals surface area contributed by atoms with Gasteiger partial charge in [0.1, 0.15) is 11.3 Å². The molecule has 0 bridgehead atoms. The van der Waals surface area contributed by atoms with Crippen molar-refractivity contribution in [1.82, 2.24) is 0 Å². The number of aromatic hydroxyl groups is 1. The third-order valence-corrected chi connectivity index (χ3v) is 12.5. The average Bonchev–Trinajstić information content (AvgIpc) is 3.75. The number of furan rings is 1. The predicted octanol–water partition coefficient (Wildman–Crippen LogP) is 17.0.